The van der Waals surface area contributed by atoms with Gasteiger partial charge in [-0.05, 0) is 89.6 Å². The summed E-state index contributed by atoms with van der Waals surface area (Å²) in [6, 6.07) is 15.3. The van der Waals surface area contributed by atoms with Crippen LogP contribution in [0.15, 0.2) is 61.7 Å². The Hall–Kier alpha value is -4.95. The predicted molar refractivity (Wildman–Crippen MR) is 208 cm³/mol. The molecule has 0 aliphatic carbocycles. The summed E-state index contributed by atoms with van der Waals surface area (Å²) in [5, 5.41) is 19.4. The molecule has 0 saturated carbocycles. The molecule has 1 aromatic heterocycles. The van der Waals surface area contributed by atoms with E-state index in [1.807, 2.05) is 11.8 Å². The van der Waals surface area contributed by atoms with Crippen molar-refractivity contribution in [3.05, 3.63) is 78.5 Å². The first-order chi connectivity index (χ1) is 25.0. The summed E-state index contributed by atoms with van der Waals surface area (Å²) in [7, 11) is 0. The predicted octanol–water partition coefficient (Wildman–Crippen LogP) is 6.40. The maximum Gasteiger partial charge on any atom is 0.318 e. The van der Waals surface area contributed by atoms with Crippen LogP contribution in [0.3, 0.4) is 0 Å². The molecule has 11 nitrogen and oxygen atoms in total. The van der Waals surface area contributed by atoms with Crippen molar-refractivity contribution in [2.24, 2.45) is 5.41 Å². The van der Waals surface area contributed by atoms with E-state index in [2.05, 4.69) is 71.2 Å². The normalized spacial score (nSPS) is 17.2. The number of hydrogen-bond donors (Lipinski definition) is 1. The van der Waals surface area contributed by atoms with E-state index < -0.39 is 11.4 Å². The van der Waals surface area contributed by atoms with Gasteiger partial charge < -0.3 is 24.5 Å². The number of aryl methyl sites for hydroxylation is 1. The standard InChI is InChI=1S/C36H46N6O4.C3H6.C2H3N/c1-5-31(43)40-19-21-41(22-20-40)33-28-14-17-42(30-13-7-11-26-10-6-9-25(2)32(26)30)23-29(28)37-35(38-33)46-24-27-12-8-16-39(27)18-15-36(3,4)34(44)45;1-3-2;1-2-3/h5-7,9-11,13,27H,1,8,12,14-24H2,2-4H3,(H,44,45);3H,1H2,2H3;1H3. The average molecular weight is 710 g/mol. The minimum Gasteiger partial charge on any atom is -0.481 e. The van der Waals surface area contributed by atoms with Crippen molar-refractivity contribution in [1.29, 1.82) is 5.26 Å². The van der Waals surface area contributed by atoms with E-state index in [0.717, 1.165) is 56.0 Å². The molecule has 0 bridgehead atoms. The Morgan fingerprint density at radius 2 is 1.73 bits per heavy atom. The Balaban J connectivity index is 0.000000944. The summed E-state index contributed by atoms with van der Waals surface area (Å²) in [6.45, 7) is 22.3. The van der Waals surface area contributed by atoms with Crippen molar-refractivity contribution < 1.29 is 19.4 Å². The first-order valence-electron chi connectivity index (χ1n) is 18.2. The molecular weight excluding hydrogens is 654 g/mol. The van der Waals surface area contributed by atoms with Gasteiger partial charge in [0.15, 0.2) is 0 Å². The third-order valence-electron chi connectivity index (χ3n) is 10.0. The van der Waals surface area contributed by atoms with Crippen LogP contribution in [0.25, 0.3) is 10.8 Å². The highest BCUT2D eigenvalue weighted by molar-refractivity contribution is 5.97. The Bertz CT molecular complexity index is 1750. The molecule has 6 rings (SSSR count). The molecule has 2 aromatic carbocycles. The molecule has 278 valence electrons. The fourth-order valence-electron chi connectivity index (χ4n) is 7.04. The van der Waals surface area contributed by atoms with Crippen LogP contribution in [-0.2, 0) is 22.6 Å². The number of allylic oxidation sites excluding steroid dienone is 1. The lowest BCUT2D eigenvalue weighted by Crippen LogP contribution is -2.49. The van der Waals surface area contributed by atoms with Crippen molar-refractivity contribution in [2.45, 2.75) is 72.9 Å². The second-order valence-corrected chi connectivity index (χ2v) is 14.1. The fraction of sp³-hybridized carbons (Fsp3) is 0.488. The van der Waals surface area contributed by atoms with Crippen molar-refractivity contribution in [3.63, 3.8) is 0 Å². The van der Waals surface area contributed by atoms with Gasteiger partial charge in [0.05, 0.1) is 23.7 Å². The number of carbonyl (C=O) groups is 2. The lowest BCUT2D eigenvalue weighted by Gasteiger charge is -2.38. The largest absolute Gasteiger partial charge is 0.481 e. The molecule has 3 aromatic rings. The number of likely N-dealkylation sites (tertiary alicyclic amines) is 1. The molecule has 4 heterocycles. The molecule has 52 heavy (non-hydrogen) atoms. The molecule has 3 aliphatic heterocycles. The van der Waals surface area contributed by atoms with Gasteiger partial charge in [0.1, 0.15) is 12.4 Å². The number of fused-ring (bicyclic) bond motifs is 2. The van der Waals surface area contributed by atoms with Crippen molar-refractivity contribution >= 4 is 34.2 Å². The second-order valence-electron chi connectivity index (χ2n) is 14.1. The number of aromatic nitrogens is 2. The number of piperazine rings is 1. The molecule has 2 fully saturated rings. The van der Waals surface area contributed by atoms with Crippen LogP contribution in [0.2, 0.25) is 0 Å². The van der Waals surface area contributed by atoms with E-state index in [1.54, 1.807) is 26.0 Å². The lowest BCUT2D eigenvalue weighted by atomic mass is 9.89. The average Bonchev–Trinajstić information content (AvgIpc) is 3.60. The molecular formula is C41H55N7O4. The van der Waals surface area contributed by atoms with Gasteiger partial charge in [-0.15, -0.1) is 6.58 Å². The Morgan fingerprint density at radius 1 is 1.06 bits per heavy atom. The first-order valence-corrected chi connectivity index (χ1v) is 18.2. The zero-order valence-corrected chi connectivity index (χ0v) is 31.6. The first kappa shape index (κ1) is 39.8. The number of carbonyl (C=O) groups excluding carboxylic acids is 1. The zero-order chi connectivity index (χ0) is 37.8. The van der Waals surface area contributed by atoms with E-state index in [4.69, 9.17) is 20.0 Å². The number of anilines is 2. The molecule has 0 radical (unpaired) electrons. The molecule has 11 heteroatoms. The van der Waals surface area contributed by atoms with Gasteiger partial charge in [0.2, 0.25) is 5.91 Å². The Morgan fingerprint density at radius 3 is 2.38 bits per heavy atom. The SMILES string of the molecule is C=CC.C=CC(=O)N1CCN(c2nc(OCC3CCCN3CCC(C)(C)C(=O)O)nc3c2CCN(c2cccc4cccc(C)c24)C3)CC1.CC#N. The fourth-order valence-corrected chi connectivity index (χ4v) is 7.04. The number of ether oxygens (including phenoxy) is 1. The molecule has 1 N–H and O–H groups in total. The van der Waals surface area contributed by atoms with Crippen LogP contribution in [-0.4, -0.2) is 95.2 Å². The van der Waals surface area contributed by atoms with Crippen LogP contribution < -0.4 is 14.5 Å². The number of nitrogens with zero attached hydrogens (tertiary/aromatic N) is 7. The zero-order valence-electron chi connectivity index (χ0n) is 31.6. The van der Waals surface area contributed by atoms with Crippen LogP contribution in [0.1, 0.15) is 63.8 Å². The minimum absolute atomic E-state index is 0.0396. The number of nitriles is 1. The van der Waals surface area contributed by atoms with E-state index in [1.165, 1.54) is 35.0 Å². The highest BCUT2D eigenvalue weighted by atomic mass is 16.5. The monoisotopic (exact) mass is 709 g/mol. The number of amides is 1. The van der Waals surface area contributed by atoms with Crippen molar-refractivity contribution in [3.8, 4) is 12.1 Å². The third-order valence-corrected chi connectivity index (χ3v) is 10.0. The van der Waals surface area contributed by atoms with Crippen LogP contribution >= 0.6 is 0 Å². The van der Waals surface area contributed by atoms with E-state index in [-0.39, 0.29) is 11.9 Å². The van der Waals surface area contributed by atoms with Crippen LogP contribution in [0.5, 0.6) is 6.01 Å². The Kier molecular flexibility index (Phi) is 14.2. The number of benzene rings is 2. The summed E-state index contributed by atoms with van der Waals surface area (Å²) in [5.74, 6) is 0.102. The quantitative estimate of drug-likeness (QED) is 0.187. The van der Waals surface area contributed by atoms with Gasteiger partial charge >= 0.3 is 12.0 Å². The molecule has 1 atom stereocenters. The maximum absolute atomic E-state index is 12.3. The van der Waals surface area contributed by atoms with E-state index >= 15 is 0 Å². The van der Waals surface area contributed by atoms with Gasteiger partial charge in [0.25, 0.3) is 0 Å². The summed E-state index contributed by atoms with van der Waals surface area (Å²) < 4.78 is 6.40. The van der Waals surface area contributed by atoms with Crippen molar-refractivity contribution in [1.82, 2.24) is 19.8 Å². The van der Waals surface area contributed by atoms with Crippen molar-refractivity contribution in [2.75, 3.05) is 62.2 Å². The highest BCUT2D eigenvalue weighted by Gasteiger charge is 2.33. The van der Waals surface area contributed by atoms with Gasteiger partial charge in [-0.3, -0.25) is 14.5 Å². The molecule has 1 unspecified atom stereocenters. The lowest BCUT2D eigenvalue weighted by molar-refractivity contribution is -0.147. The number of rotatable bonds is 10. The van der Waals surface area contributed by atoms with E-state index in [9.17, 15) is 14.7 Å². The number of hydrogen-bond acceptors (Lipinski definition) is 9. The third kappa shape index (κ3) is 9.68. The van der Waals surface area contributed by atoms with Crippen LogP contribution in [0, 0.1) is 23.7 Å². The van der Waals surface area contributed by atoms with Gasteiger partial charge in [-0.25, -0.2) is 0 Å². The van der Waals surface area contributed by atoms with Gasteiger partial charge in [-0.2, -0.15) is 15.2 Å². The maximum atomic E-state index is 12.3. The Labute approximate surface area is 309 Å². The smallest absolute Gasteiger partial charge is 0.318 e. The summed E-state index contributed by atoms with van der Waals surface area (Å²) in [5.41, 5.74) is 3.84. The number of aliphatic carboxylic acids is 1. The van der Waals surface area contributed by atoms with Gasteiger partial charge in [-0.1, -0.05) is 43.0 Å². The molecule has 0 spiro atoms. The summed E-state index contributed by atoms with van der Waals surface area (Å²) >= 11 is 0. The highest BCUT2D eigenvalue weighted by Crippen LogP contribution is 2.36. The van der Waals surface area contributed by atoms with Crippen LogP contribution in [0.4, 0.5) is 11.5 Å². The van der Waals surface area contributed by atoms with Gasteiger partial charge in [0, 0.05) is 62.3 Å². The minimum atomic E-state index is -0.767. The second kappa shape index (κ2) is 18.5. The molecule has 2 saturated heterocycles. The molecule has 1 amide bonds. The molecule has 3 aliphatic rings. The number of carboxylic acids is 1. The van der Waals surface area contributed by atoms with E-state index in [0.29, 0.717) is 51.8 Å². The number of carboxylic acid groups (broad SMARTS) is 1. The topological polar surface area (TPSA) is 126 Å². The summed E-state index contributed by atoms with van der Waals surface area (Å²) in [4.78, 5) is 42.8. The summed E-state index contributed by atoms with van der Waals surface area (Å²) in [6.07, 6.45) is 6.59.